The van der Waals surface area contributed by atoms with Crippen LogP contribution in [-0.4, -0.2) is 22.4 Å². The number of hydrogen-bond donors (Lipinski definition) is 0. The lowest BCUT2D eigenvalue weighted by molar-refractivity contribution is 0.228. The monoisotopic (exact) mass is 271 g/mol. The van der Waals surface area contributed by atoms with E-state index >= 15 is 0 Å². The van der Waals surface area contributed by atoms with E-state index in [2.05, 4.69) is 15.9 Å². The number of rotatable bonds is 2. The Bertz CT molecular complexity index is 338. The summed E-state index contributed by atoms with van der Waals surface area (Å²) in [6, 6.07) is 8.09. The van der Waals surface area contributed by atoms with E-state index in [9.17, 15) is 4.79 Å². The minimum Gasteiger partial charge on any atom is -0.328 e. The van der Waals surface area contributed by atoms with E-state index in [4.69, 9.17) is 0 Å². The Morgan fingerprint density at radius 1 is 1.36 bits per heavy atom. The summed E-state index contributed by atoms with van der Waals surface area (Å²) in [6.07, 6.45) is 0. The van der Waals surface area contributed by atoms with Gasteiger partial charge in [0.25, 0.3) is 5.24 Å². The summed E-state index contributed by atoms with van der Waals surface area (Å²) in [7, 11) is 0. The van der Waals surface area contributed by atoms with Gasteiger partial charge in [-0.15, -0.1) is 0 Å². The topological polar surface area (TPSA) is 20.3 Å². The third-order valence-corrected chi connectivity index (χ3v) is 3.55. The molecule has 0 spiro atoms. The van der Waals surface area contributed by atoms with Crippen LogP contribution in [0, 0.1) is 0 Å². The maximum Gasteiger partial charge on any atom is 0.282 e. The molecular formula is C10H10BrNOS. The van der Waals surface area contributed by atoms with Gasteiger partial charge in [-0.25, -0.2) is 0 Å². The minimum atomic E-state index is 0.202. The molecule has 2 nitrogen and oxygen atoms in total. The Labute approximate surface area is 95.8 Å². The zero-order valence-corrected chi connectivity index (χ0v) is 9.97. The fourth-order valence-electron chi connectivity index (χ4n) is 1.38. The second-order valence-corrected chi connectivity index (χ2v) is 5.12. The molecule has 1 saturated heterocycles. The van der Waals surface area contributed by atoms with Crippen LogP contribution < -0.4 is 0 Å². The van der Waals surface area contributed by atoms with Crippen molar-refractivity contribution in [2.75, 3.05) is 12.3 Å². The van der Waals surface area contributed by atoms with E-state index in [1.807, 2.05) is 29.2 Å². The lowest BCUT2D eigenvalue weighted by Crippen LogP contribution is -2.22. The highest BCUT2D eigenvalue weighted by molar-refractivity contribution is 9.10. The summed E-state index contributed by atoms with van der Waals surface area (Å²) in [5.74, 6) is 0.926. The minimum absolute atomic E-state index is 0.202. The number of carbonyl (C=O) groups is 1. The molecule has 0 atom stereocenters. The molecule has 2 rings (SSSR count). The van der Waals surface area contributed by atoms with E-state index in [-0.39, 0.29) is 5.24 Å². The van der Waals surface area contributed by atoms with Crippen molar-refractivity contribution < 1.29 is 4.79 Å². The fourth-order valence-corrected chi connectivity index (χ4v) is 2.47. The Balaban J connectivity index is 2.03. The predicted molar refractivity (Wildman–Crippen MR) is 62.4 cm³/mol. The lowest BCUT2D eigenvalue weighted by Gasteiger charge is -2.14. The average molecular weight is 272 g/mol. The number of amides is 1. The van der Waals surface area contributed by atoms with Crippen LogP contribution in [0.1, 0.15) is 5.56 Å². The van der Waals surface area contributed by atoms with Gasteiger partial charge in [-0.2, -0.15) is 0 Å². The standard InChI is InChI=1S/C10H10BrNOS/c11-9-3-1-8(2-4-9)7-12-5-6-14-10(12)13/h1-4H,5-7H2. The van der Waals surface area contributed by atoms with Gasteiger partial charge < -0.3 is 4.90 Å². The first-order chi connectivity index (χ1) is 6.75. The number of thioether (sulfide) groups is 1. The van der Waals surface area contributed by atoms with Gasteiger partial charge in [0.05, 0.1) is 0 Å². The van der Waals surface area contributed by atoms with Crippen molar-refractivity contribution in [3.63, 3.8) is 0 Å². The first-order valence-electron chi connectivity index (χ1n) is 4.42. The number of benzene rings is 1. The van der Waals surface area contributed by atoms with Crippen molar-refractivity contribution in [1.29, 1.82) is 0 Å². The molecule has 1 amide bonds. The van der Waals surface area contributed by atoms with Crippen molar-refractivity contribution in [1.82, 2.24) is 4.90 Å². The quantitative estimate of drug-likeness (QED) is 0.824. The van der Waals surface area contributed by atoms with E-state index in [1.165, 1.54) is 17.3 Å². The molecule has 0 saturated carbocycles. The molecule has 74 valence electrons. The number of hydrogen-bond acceptors (Lipinski definition) is 2. The van der Waals surface area contributed by atoms with Crippen molar-refractivity contribution in [3.8, 4) is 0 Å². The summed E-state index contributed by atoms with van der Waals surface area (Å²) in [4.78, 5) is 13.2. The van der Waals surface area contributed by atoms with Crippen molar-refractivity contribution in [2.45, 2.75) is 6.54 Å². The van der Waals surface area contributed by atoms with Crippen LogP contribution in [0.3, 0.4) is 0 Å². The SMILES string of the molecule is O=C1SCCN1Cc1ccc(Br)cc1. The van der Waals surface area contributed by atoms with Crippen LogP contribution in [-0.2, 0) is 6.54 Å². The summed E-state index contributed by atoms with van der Waals surface area (Å²) in [6.45, 7) is 1.61. The highest BCUT2D eigenvalue weighted by atomic mass is 79.9. The summed E-state index contributed by atoms with van der Waals surface area (Å²) in [5.41, 5.74) is 1.18. The molecule has 0 aromatic heterocycles. The smallest absolute Gasteiger partial charge is 0.282 e. The molecule has 1 aliphatic heterocycles. The normalized spacial score (nSPS) is 16.4. The molecule has 4 heteroatoms. The maximum atomic E-state index is 11.3. The number of halogens is 1. The first kappa shape index (κ1) is 10.1. The van der Waals surface area contributed by atoms with E-state index in [0.29, 0.717) is 0 Å². The number of carbonyl (C=O) groups excluding carboxylic acids is 1. The number of nitrogens with zero attached hydrogens (tertiary/aromatic N) is 1. The summed E-state index contributed by atoms with van der Waals surface area (Å²) in [5, 5.41) is 0.202. The third kappa shape index (κ3) is 2.30. The van der Waals surface area contributed by atoms with Crippen LogP contribution in [0.5, 0.6) is 0 Å². The molecule has 0 bridgehead atoms. The molecule has 1 heterocycles. The first-order valence-corrected chi connectivity index (χ1v) is 6.20. The summed E-state index contributed by atoms with van der Waals surface area (Å²) < 4.78 is 1.07. The highest BCUT2D eigenvalue weighted by Gasteiger charge is 2.20. The van der Waals surface area contributed by atoms with Crippen LogP contribution in [0.2, 0.25) is 0 Å². The molecule has 0 aliphatic carbocycles. The Morgan fingerprint density at radius 3 is 2.64 bits per heavy atom. The Morgan fingerprint density at radius 2 is 2.07 bits per heavy atom. The largest absolute Gasteiger partial charge is 0.328 e. The fraction of sp³-hybridized carbons (Fsp3) is 0.300. The highest BCUT2D eigenvalue weighted by Crippen LogP contribution is 2.20. The maximum absolute atomic E-state index is 11.3. The zero-order valence-electron chi connectivity index (χ0n) is 7.57. The zero-order chi connectivity index (χ0) is 9.97. The van der Waals surface area contributed by atoms with E-state index in [1.54, 1.807) is 0 Å². The van der Waals surface area contributed by atoms with Crippen LogP contribution in [0.4, 0.5) is 4.79 Å². The molecule has 14 heavy (non-hydrogen) atoms. The van der Waals surface area contributed by atoms with Gasteiger partial charge in [0.1, 0.15) is 0 Å². The van der Waals surface area contributed by atoms with Crippen LogP contribution in [0.15, 0.2) is 28.7 Å². The molecule has 0 N–H and O–H groups in total. The van der Waals surface area contributed by atoms with Gasteiger partial charge in [0.15, 0.2) is 0 Å². The van der Waals surface area contributed by atoms with E-state index in [0.717, 1.165) is 23.3 Å². The Hall–Kier alpha value is -0.480. The second kappa shape index (κ2) is 4.36. The molecule has 0 radical (unpaired) electrons. The average Bonchev–Trinajstić information content (AvgIpc) is 2.56. The van der Waals surface area contributed by atoms with Gasteiger partial charge in [0, 0.05) is 23.3 Å². The van der Waals surface area contributed by atoms with Crippen molar-refractivity contribution in [3.05, 3.63) is 34.3 Å². The Kier molecular flexibility index (Phi) is 3.13. The molecule has 1 aliphatic rings. The van der Waals surface area contributed by atoms with Gasteiger partial charge in [-0.3, -0.25) is 4.79 Å². The lowest BCUT2D eigenvalue weighted by atomic mass is 10.2. The van der Waals surface area contributed by atoms with Gasteiger partial charge >= 0.3 is 0 Å². The van der Waals surface area contributed by atoms with Crippen LogP contribution in [0.25, 0.3) is 0 Å². The molecule has 1 fully saturated rings. The molecule has 1 aromatic carbocycles. The van der Waals surface area contributed by atoms with Gasteiger partial charge in [-0.1, -0.05) is 39.8 Å². The second-order valence-electron chi connectivity index (χ2n) is 3.16. The van der Waals surface area contributed by atoms with Gasteiger partial charge in [0.2, 0.25) is 0 Å². The van der Waals surface area contributed by atoms with Gasteiger partial charge in [-0.05, 0) is 17.7 Å². The van der Waals surface area contributed by atoms with Crippen LogP contribution >= 0.6 is 27.7 Å². The van der Waals surface area contributed by atoms with Crippen molar-refractivity contribution in [2.24, 2.45) is 0 Å². The molecule has 1 aromatic rings. The predicted octanol–water partition coefficient (Wildman–Crippen LogP) is 3.12. The molecule has 0 unspecified atom stereocenters. The molecular weight excluding hydrogens is 262 g/mol. The van der Waals surface area contributed by atoms with E-state index < -0.39 is 0 Å². The summed E-state index contributed by atoms with van der Waals surface area (Å²) >= 11 is 4.79. The van der Waals surface area contributed by atoms with Crippen molar-refractivity contribution >= 4 is 32.9 Å². The third-order valence-electron chi connectivity index (χ3n) is 2.13.